The van der Waals surface area contributed by atoms with Crippen LogP contribution in [-0.4, -0.2) is 57.3 Å². The second-order valence-electron chi connectivity index (χ2n) is 7.87. The first-order valence-electron chi connectivity index (χ1n) is 9.78. The quantitative estimate of drug-likeness (QED) is 0.633. The van der Waals surface area contributed by atoms with Gasteiger partial charge in [0.25, 0.3) is 5.91 Å². The molecule has 164 valence electrons. The van der Waals surface area contributed by atoms with Gasteiger partial charge in [-0.3, -0.25) is 4.79 Å². The van der Waals surface area contributed by atoms with Gasteiger partial charge in [-0.2, -0.15) is 4.31 Å². The molecule has 1 atom stereocenters. The molecule has 30 heavy (non-hydrogen) atoms. The molecule has 0 aliphatic heterocycles. The maximum absolute atomic E-state index is 13.0. The molecule has 2 aromatic rings. The summed E-state index contributed by atoms with van der Waals surface area (Å²) in [6, 6.07) is 13.7. The molecule has 0 aromatic heterocycles. The van der Waals surface area contributed by atoms with Crippen molar-refractivity contribution in [1.82, 2.24) is 14.5 Å². The number of likely N-dealkylation sites (N-methyl/N-ethyl adjacent to an activating group) is 1. The molecule has 1 N–H and O–H groups in total. The van der Waals surface area contributed by atoms with Crippen LogP contribution in [0.4, 0.5) is 0 Å². The van der Waals surface area contributed by atoms with Crippen LogP contribution in [-0.2, 0) is 16.6 Å². The summed E-state index contributed by atoms with van der Waals surface area (Å²) in [5.41, 5.74) is 1.02. The van der Waals surface area contributed by atoms with Gasteiger partial charge in [0.1, 0.15) is 0 Å². The Morgan fingerprint density at radius 3 is 2.27 bits per heavy atom. The first-order valence-corrected chi connectivity index (χ1v) is 11.6. The monoisotopic (exact) mass is 451 g/mol. The lowest BCUT2D eigenvalue weighted by molar-refractivity contribution is 0.0934. The number of nitrogens with zero attached hydrogens (tertiary/aromatic N) is 2. The molecule has 8 heteroatoms. The Hall–Kier alpha value is -1.93. The van der Waals surface area contributed by atoms with Gasteiger partial charge in [0.15, 0.2) is 0 Å². The molecule has 0 aliphatic carbocycles. The highest BCUT2D eigenvalue weighted by molar-refractivity contribution is 7.89. The molecule has 1 amide bonds. The molecule has 0 bridgehead atoms. The van der Waals surface area contributed by atoms with Crippen LogP contribution < -0.4 is 5.32 Å². The van der Waals surface area contributed by atoms with Crippen LogP contribution in [0.3, 0.4) is 0 Å². The fourth-order valence-corrected chi connectivity index (χ4v) is 4.64. The topological polar surface area (TPSA) is 69.7 Å². The molecule has 0 heterocycles. The number of halogens is 1. The van der Waals surface area contributed by atoms with E-state index in [0.29, 0.717) is 12.5 Å². The van der Waals surface area contributed by atoms with Crippen LogP contribution in [0.25, 0.3) is 0 Å². The second-order valence-corrected chi connectivity index (χ2v) is 10.3. The van der Waals surface area contributed by atoms with Gasteiger partial charge in [-0.15, -0.1) is 0 Å². The van der Waals surface area contributed by atoms with Crippen molar-refractivity contribution in [3.05, 3.63) is 64.7 Å². The molecule has 0 saturated carbocycles. The molecule has 0 unspecified atom stereocenters. The van der Waals surface area contributed by atoms with Crippen molar-refractivity contribution in [3.63, 3.8) is 0 Å². The average Bonchev–Trinajstić information content (AvgIpc) is 2.68. The van der Waals surface area contributed by atoms with E-state index < -0.39 is 15.9 Å². The molecule has 2 rings (SSSR count). The maximum Gasteiger partial charge on any atom is 0.252 e. The summed E-state index contributed by atoms with van der Waals surface area (Å²) in [5.74, 6) is -0.0515. The standard InChI is InChI=1S/C22H30ClN3O3S/c1-16(2)21(25(3)4)14-24-22(27)19-13-18(11-12-20(19)23)30(28,29)26(5)15-17-9-7-6-8-10-17/h6-13,16,21H,14-15H2,1-5H3,(H,24,27)/t21-/m1/s1. The zero-order valence-corrected chi connectivity index (χ0v) is 19.7. The smallest absolute Gasteiger partial charge is 0.252 e. The van der Waals surface area contributed by atoms with Crippen molar-refractivity contribution in [2.45, 2.75) is 31.3 Å². The van der Waals surface area contributed by atoms with Crippen LogP contribution in [0.2, 0.25) is 5.02 Å². The SMILES string of the molecule is CC(C)[C@@H](CNC(=O)c1cc(S(=O)(=O)N(C)Cc2ccccc2)ccc1Cl)N(C)C. The van der Waals surface area contributed by atoms with Crippen molar-refractivity contribution in [1.29, 1.82) is 0 Å². The van der Waals surface area contributed by atoms with Gasteiger partial charge >= 0.3 is 0 Å². The summed E-state index contributed by atoms with van der Waals surface area (Å²) < 4.78 is 27.3. The number of hydrogen-bond donors (Lipinski definition) is 1. The largest absolute Gasteiger partial charge is 0.350 e. The Morgan fingerprint density at radius 2 is 1.70 bits per heavy atom. The van der Waals surface area contributed by atoms with E-state index in [9.17, 15) is 13.2 Å². The van der Waals surface area contributed by atoms with Gasteiger partial charge in [0, 0.05) is 26.2 Å². The molecule has 0 fully saturated rings. The normalized spacial score (nSPS) is 13.1. The average molecular weight is 452 g/mol. The molecular weight excluding hydrogens is 422 g/mol. The van der Waals surface area contributed by atoms with Crippen LogP contribution in [0.5, 0.6) is 0 Å². The van der Waals surface area contributed by atoms with Crippen LogP contribution >= 0.6 is 11.6 Å². The van der Waals surface area contributed by atoms with Gasteiger partial charge in [0.2, 0.25) is 10.0 Å². The zero-order valence-electron chi connectivity index (χ0n) is 18.1. The van der Waals surface area contributed by atoms with Crippen molar-refractivity contribution in [2.75, 3.05) is 27.7 Å². The summed E-state index contributed by atoms with van der Waals surface area (Å²) >= 11 is 6.21. The van der Waals surface area contributed by atoms with Gasteiger partial charge in [-0.1, -0.05) is 55.8 Å². The van der Waals surface area contributed by atoms with Crippen molar-refractivity contribution >= 4 is 27.5 Å². The Labute approximate surface area is 184 Å². The number of hydrogen-bond acceptors (Lipinski definition) is 4. The van der Waals surface area contributed by atoms with E-state index in [1.807, 2.05) is 49.3 Å². The summed E-state index contributed by atoms with van der Waals surface area (Å²) in [6.45, 7) is 4.83. The Morgan fingerprint density at radius 1 is 1.07 bits per heavy atom. The molecule has 0 saturated heterocycles. The van der Waals surface area contributed by atoms with E-state index in [2.05, 4.69) is 19.2 Å². The lowest BCUT2D eigenvalue weighted by atomic mass is 10.0. The lowest BCUT2D eigenvalue weighted by Crippen LogP contribution is -2.43. The van der Waals surface area contributed by atoms with Crippen molar-refractivity contribution in [3.8, 4) is 0 Å². The lowest BCUT2D eigenvalue weighted by Gasteiger charge is -2.28. The van der Waals surface area contributed by atoms with Gasteiger partial charge in [-0.05, 0) is 43.8 Å². The highest BCUT2D eigenvalue weighted by Gasteiger charge is 2.24. The molecule has 0 radical (unpaired) electrons. The predicted molar refractivity (Wildman–Crippen MR) is 121 cm³/mol. The highest BCUT2D eigenvalue weighted by atomic mass is 35.5. The first kappa shape index (κ1) is 24.3. The number of sulfonamides is 1. The minimum Gasteiger partial charge on any atom is -0.350 e. The fraction of sp³-hybridized carbons (Fsp3) is 0.409. The molecule has 0 spiro atoms. The highest BCUT2D eigenvalue weighted by Crippen LogP contribution is 2.23. The van der Waals surface area contributed by atoms with E-state index >= 15 is 0 Å². The third kappa shape index (κ3) is 6.04. The van der Waals surface area contributed by atoms with Crippen molar-refractivity contribution < 1.29 is 13.2 Å². The third-order valence-electron chi connectivity index (χ3n) is 5.04. The van der Waals surface area contributed by atoms with Crippen LogP contribution in [0.1, 0.15) is 29.8 Å². The minimum absolute atomic E-state index is 0.0310. The minimum atomic E-state index is -3.78. The first-order chi connectivity index (χ1) is 14.0. The van der Waals surface area contributed by atoms with E-state index in [4.69, 9.17) is 11.6 Å². The fourth-order valence-electron chi connectivity index (χ4n) is 3.25. The van der Waals surface area contributed by atoms with E-state index in [-0.39, 0.29) is 28.1 Å². The Bertz CT molecular complexity index is 955. The summed E-state index contributed by atoms with van der Waals surface area (Å²) in [7, 11) is 1.65. The second kappa shape index (κ2) is 10.4. The summed E-state index contributed by atoms with van der Waals surface area (Å²) in [5, 5.41) is 3.09. The molecule has 2 aromatic carbocycles. The number of nitrogens with one attached hydrogen (secondary N) is 1. The summed E-state index contributed by atoms with van der Waals surface area (Å²) in [4.78, 5) is 14.8. The predicted octanol–water partition coefficient (Wildman–Crippen LogP) is 3.48. The van der Waals surface area contributed by atoms with Crippen LogP contribution in [0, 0.1) is 5.92 Å². The Kier molecular flexibility index (Phi) is 8.43. The number of amides is 1. The summed E-state index contributed by atoms with van der Waals surface area (Å²) in [6.07, 6.45) is 0. The molecule has 0 aliphatic rings. The van der Waals surface area contributed by atoms with E-state index in [1.54, 1.807) is 0 Å². The number of benzene rings is 2. The van der Waals surface area contributed by atoms with E-state index in [1.165, 1.54) is 29.6 Å². The third-order valence-corrected chi connectivity index (χ3v) is 7.17. The molecule has 6 nitrogen and oxygen atoms in total. The van der Waals surface area contributed by atoms with Gasteiger partial charge in [0.05, 0.1) is 15.5 Å². The Balaban J connectivity index is 2.21. The maximum atomic E-state index is 13.0. The molecular formula is C22H30ClN3O3S. The van der Waals surface area contributed by atoms with Gasteiger partial charge in [-0.25, -0.2) is 8.42 Å². The van der Waals surface area contributed by atoms with Gasteiger partial charge < -0.3 is 10.2 Å². The number of carbonyl (C=O) groups excluding carboxylic acids is 1. The number of rotatable bonds is 9. The van der Waals surface area contributed by atoms with Crippen molar-refractivity contribution in [2.24, 2.45) is 5.92 Å². The van der Waals surface area contributed by atoms with Crippen LogP contribution in [0.15, 0.2) is 53.4 Å². The number of carbonyl (C=O) groups is 1. The zero-order chi connectivity index (χ0) is 22.5. The van der Waals surface area contributed by atoms with E-state index in [0.717, 1.165) is 5.56 Å².